The maximum absolute atomic E-state index is 8.65. The van der Waals surface area contributed by atoms with Crippen LogP contribution in [-0.2, 0) is 0 Å². The van der Waals surface area contributed by atoms with Crippen molar-refractivity contribution in [3.8, 4) is 6.07 Å². The molecule has 4 heteroatoms. The van der Waals surface area contributed by atoms with E-state index in [1.807, 2.05) is 6.07 Å². The van der Waals surface area contributed by atoms with Crippen LogP contribution in [-0.4, -0.2) is 16.7 Å². The first-order valence-corrected chi connectivity index (χ1v) is 4.00. The second-order valence-electron chi connectivity index (χ2n) is 2.70. The van der Waals surface area contributed by atoms with E-state index in [1.165, 1.54) is 0 Å². The lowest BCUT2D eigenvalue weighted by Gasteiger charge is -2.08. The highest BCUT2D eigenvalue weighted by atomic mass is 16.3. The fraction of sp³-hybridized carbons (Fsp3) is 0.333. The average Bonchev–Trinajstić information content (AvgIpc) is 2.18. The Kier molecular flexibility index (Phi) is 3.38. The van der Waals surface area contributed by atoms with Crippen molar-refractivity contribution >= 4 is 0 Å². The summed E-state index contributed by atoms with van der Waals surface area (Å²) >= 11 is 0. The molecule has 4 nitrogen and oxygen atoms in total. The Bertz CT molecular complexity index is 319. The number of aliphatic hydroxyl groups excluding tert-OH is 1. The van der Waals surface area contributed by atoms with Gasteiger partial charge in [-0.3, -0.25) is 4.98 Å². The molecular weight excluding hydrogens is 166 g/mol. The molecule has 0 saturated carbocycles. The zero-order valence-corrected chi connectivity index (χ0v) is 7.14. The maximum atomic E-state index is 8.65. The highest BCUT2D eigenvalue weighted by Gasteiger charge is 2.06. The van der Waals surface area contributed by atoms with Crippen molar-refractivity contribution in [1.82, 2.24) is 4.98 Å². The predicted molar refractivity (Wildman–Crippen MR) is 47.6 cm³/mol. The van der Waals surface area contributed by atoms with Crippen LogP contribution in [0, 0.1) is 11.3 Å². The fourth-order valence-corrected chi connectivity index (χ4v) is 1.01. The molecule has 0 aromatic carbocycles. The Labute approximate surface area is 76.6 Å². The van der Waals surface area contributed by atoms with E-state index in [0.29, 0.717) is 17.7 Å². The van der Waals surface area contributed by atoms with Crippen LogP contribution in [0.1, 0.15) is 23.7 Å². The van der Waals surface area contributed by atoms with Gasteiger partial charge in [0.2, 0.25) is 0 Å². The minimum absolute atomic E-state index is 0.0274. The number of rotatable bonds is 3. The van der Waals surface area contributed by atoms with Gasteiger partial charge in [0.05, 0.1) is 17.3 Å². The molecule has 0 radical (unpaired) electrons. The topological polar surface area (TPSA) is 82.9 Å². The van der Waals surface area contributed by atoms with Crippen molar-refractivity contribution in [2.24, 2.45) is 5.73 Å². The van der Waals surface area contributed by atoms with Crippen molar-refractivity contribution in [1.29, 1.82) is 5.26 Å². The molecule has 0 aliphatic heterocycles. The smallest absolute Gasteiger partial charge is 0.0992 e. The number of aromatic nitrogens is 1. The minimum Gasteiger partial charge on any atom is -0.396 e. The summed E-state index contributed by atoms with van der Waals surface area (Å²) in [5, 5.41) is 17.3. The standard InChI is InChI=1S/C9H11N3O/c10-6-7-1-3-12-9(5-7)8(11)2-4-13/h1,3,5,8,13H,2,4,11H2. The van der Waals surface area contributed by atoms with Gasteiger partial charge in [-0.1, -0.05) is 0 Å². The predicted octanol–water partition coefficient (Wildman–Crippen LogP) is 0.335. The molecule has 1 aromatic rings. The molecule has 0 bridgehead atoms. The van der Waals surface area contributed by atoms with Crippen LogP contribution in [0.4, 0.5) is 0 Å². The largest absolute Gasteiger partial charge is 0.396 e. The SMILES string of the molecule is N#Cc1ccnc(C(N)CCO)c1. The minimum atomic E-state index is -0.293. The lowest BCUT2D eigenvalue weighted by molar-refractivity contribution is 0.275. The summed E-state index contributed by atoms with van der Waals surface area (Å²) in [6, 6.07) is 4.97. The van der Waals surface area contributed by atoms with Crippen molar-refractivity contribution in [3.05, 3.63) is 29.6 Å². The molecule has 0 spiro atoms. The average molecular weight is 177 g/mol. The van der Waals surface area contributed by atoms with E-state index in [2.05, 4.69) is 4.98 Å². The molecule has 1 atom stereocenters. The lowest BCUT2D eigenvalue weighted by atomic mass is 10.1. The van der Waals surface area contributed by atoms with E-state index in [0.717, 1.165) is 0 Å². The van der Waals surface area contributed by atoms with Crippen molar-refractivity contribution < 1.29 is 5.11 Å². The number of nitrogens with zero attached hydrogens (tertiary/aromatic N) is 2. The first-order valence-electron chi connectivity index (χ1n) is 4.00. The Morgan fingerprint density at radius 3 is 3.08 bits per heavy atom. The zero-order chi connectivity index (χ0) is 9.68. The third-order valence-electron chi connectivity index (χ3n) is 1.73. The molecule has 68 valence electrons. The Balaban J connectivity index is 2.83. The molecule has 0 aliphatic rings. The molecule has 0 saturated heterocycles. The van der Waals surface area contributed by atoms with Gasteiger partial charge in [-0.2, -0.15) is 5.26 Å². The van der Waals surface area contributed by atoms with Gasteiger partial charge in [-0.05, 0) is 18.6 Å². The van der Waals surface area contributed by atoms with Crippen molar-refractivity contribution in [2.75, 3.05) is 6.61 Å². The highest BCUT2D eigenvalue weighted by molar-refractivity contribution is 5.29. The molecule has 1 aromatic heterocycles. The summed E-state index contributed by atoms with van der Waals surface area (Å²) in [7, 11) is 0. The number of nitriles is 1. The van der Waals surface area contributed by atoms with Gasteiger partial charge in [-0.25, -0.2) is 0 Å². The van der Waals surface area contributed by atoms with E-state index < -0.39 is 0 Å². The van der Waals surface area contributed by atoms with Crippen molar-refractivity contribution in [2.45, 2.75) is 12.5 Å². The molecule has 3 N–H and O–H groups in total. The number of nitrogens with two attached hydrogens (primary N) is 1. The van der Waals surface area contributed by atoms with Gasteiger partial charge in [0.25, 0.3) is 0 Å². The van der Waals surface area contributed by atoms with Crippen LogP contribution in [0.25, 0.3) is 0 Å². The lowest BCUT2D eigenvalue weighted by Crippen LogP contribution is -2.13. The highest BCUT2D eigenvalue weighted by Crippen LogP contribution is 2.11. The molecule has 13 heavy (non-hydrogen) atoms. The van der Waals surface area contributed by atoms with Gasteiger partial charge in [0, 0.05) is 18.8 Å². The summed E-state index contributed by atoms with van der Waals surface area (Å²) in [5.74, 6) is 0. The summed E-state index contributed by atoms with van der Waals surface area (Å²) in [4.78, 5) is 4.02. The second kappa shape index (κ2) is 4.55. The van der Waals surface area contributed by atoms with Crippen LogP contribution < -0.4 is 5.73 Å². The first kappa shape index (κ1) is 9.65. The van der Waals surface area contributed by atoms with E-state index in [1.54, 1.807) is 18.3 Å². The van der Waals surface area contributed by atoms with Gasteiger partial charge >= 0.3 is 0 Å². The fourth-order valence-electron chi connectivity index (χ4n) is 1.01. The summed E-state index contributed by atoms with van der Waals surface area (Å²) in [6.07, 6.45) is 2.01. The maximum Gasteiger partial charge on any atom is 0.0992 e. The van der Waals surface area contributed by atoms with E-state index in [9.17, 15) is 0 Å². The number of hydrogen-bond donors (Lipinski definition) is 2. The molecule has 1 rings (SSSR count). The molecule has 0 amide bonds. The summed E-state index contributed by atoms with van der Waals surface area (Å²) < 4.78 is 0. The number of hydrogen-bond acceptors (Lipinski definition) is 4. The van der Waals surface area contributed by atoms with Crippen LogP contribution in [0.2, 0.25) is 0 Å². The molecule has 0 aliphatic carbocycles. The van der Waals surface area contributed by atoms with Crippen LogP contribution in [0.5, 0.6) is 0 Å². The van der Waals surface area contributed by atoms with Crippen LogP contribution in [0.3, 0.4) is 0 Å². The van der Waals surface area contributed by atoms with E-state index in [-0.39, 0.29) is 12.6 Å². The second-order valence-corrected chi connectivity index (χ2v) is 2.70. The summed E-state index contributed by atoms with van der Waals surface area (Å²) in [5.41, 5.74) is 6.88. The Morgan fingerprint density at radius 2 is 2.46 bits per heavy atom. The number of pyridine rings is 1. The first-order chi connectivity index (χ1) is 6.27. The normalized spacial score (nSPS) is 12.1. The molecule has 1 unspecified atom stereocenters. The van der Waals surface area contributed by atoms with E-state index >= 15 is 0 Å². The van der Waals surface area contributed by atoms with Crippen LogP contribution in [0.15, 0.2) is 18.3 Å². The van der Waals surface area contributed by atoms with Gasteiger partial charge < -0.3 is 10.8 Å². The Hall–Kier alpha value is -1.44. The third-order valence-corrected chi connectivity index (χ3v) is 1.73. The quantitative estimate of drug-likeness (QED) is 0.697. The monoisotopic (exact) mass is 177 g/mol. The van der Waals surface area contributed by atoms with Crippen LogP contribution >= 0.6 is 0 Å². The Morgan fingerprint density at radius 1 is 1.69 bits per heavy atom. The third kappa shape index (κ3) is 2.51. The van der Waals surface area contributed by atoms with Gasteiger partial charge in [0.1, 0.15) is 0 Å². The zero-order valence-electron chi connectivity index (χ0n) is 7.14. The van der Waals surface area contributed by atoms with Gasteiger partial charge in [0.15, 0.2) is 0 Å². The molecule has 0 fully saturated rings. The van der Waals surface area contributed by atoms with Gasteiger partial charge in [-0.15, -0.1) is 0 Å². The molecular formula is C9H11N3O. The van der Waals surface area contributed by atoms with Crippen molar-refractivity contribution in [3.63, 3.8) is 0 Å². The molecule has 1 heterocycles. The van der Waals surface area contributed by atoms with E-state index in [4.69, 9.17) is 16.1 Å². The summed E-state index contributed by atoms with van der Waals surface area (Å²) in [6.45, 7) is 0.0274. The number of aliphatic hydroxyl groups is 1.